The van der Waals surface area contributed by atoms with Crippen molar-refractivity contribution in [1.29, 1.82) is 0 Å². The van der Waals surface area contributed by atoms with E-state index in [2.05, 4.69) is 5.32 Å². The average Bonchev–Trinajstić information content (AvgIpc) is 2.42. The molecule has 0 saturated heterocycles. The first-order valence-electron chi connectivity index (χ1n) is 5.68. The van der Waals surface area contributed by atoms with Crippen LogP contribution in [-0.4, -0.2) is 11.1 Å². The number of aromatic carboxylic acids is 1. The van der Waals surface area contributed by atoms with Crippen LogP contribution >= 0.6 is 0 Å². The molecule has 0 aliphatic carbocycles. The van der Waals surface area contributed by atoms with Crippen molar-refractivity contribution in [3.8, 4) is 0 Å². The van der Waals surface area contributed by atoms with Crippen molar-refractivity contribution in [3.05, 3.63) is 65.0 Å². The first kappa shape index (κ1) is 13.9. The van der Waals surface area contributed by atoms with Crippen molar-refractivity contribution in [1.82, 2.24) is 0 Å². The Kier molecular flexibility index (Phi) is 3.93. The number of anilines is 1. The molecule has 0 heterocycles. The van der Waals surface area contributed by atoms with Crippen LogP contribution in [0, 0.1) is 17.5 Å². The molecule has 104 valence electrons. The summed E-state index contributed by atoms with van der Waals surface area (Å²) in [6, 6.07) is 7.10. The Morgan fingerprint density at radius 1 is 1.00 bits per heavy atom. The van der Waals surface area contributed by atoms with E-state index in [-0.39, 0.29) is 17.8 Å². The molecule has 0 unspecified atom stereocenters. The largest absolute Gasteiger partial charge is 0.478 e. The maximum Gasteiger partial charge on any atom is 0.335 e. The van der Waals surface area contributed by atoms with Crippen LogP contribution in [0.4, 0.5) is 18.9 Å². The number of carboxylic acid groups (broad SMARTS) is 1. The smallest absolute Gasteiger partial charge is 0.335 e. The Morgan fingerprint density at radius 2 is 1.60 bits per heavy atom. The van der Waals surface area contributed by atoms with Gasteiger partial charge >= 0.3 is 5.97 Å². The van der Waals surface area contributed by atoms with Gasteiger partial charge in [0.15, 0.2) is 11.6 Å². The highest BCUT2D eigenvalue weighted by atomic mass is 19.2. The minimum absolute atomic E-state index is 0.132. The second-order valence-corrected chi connectivity index (χ2v) is 4.10. The maximum absolute atomic E-state index is 13.4. The van der Waals surface area contributed by atoms with Crippen molar-refractivity contribution in [2.75, 3.05) is 5.32 Å². The molecule has 0 atom stereocenters. The summed E-state index contributed by atoms with van der Waals surface area (Å²) in [4.78, 5) is 10.7. The SMILES string of the molecule is O=C(O)c1ccc(CNc2cc(F)c(F)cc2F)cc1. The molecule has 0 bridgehead atoms. The van der Waals surface area contributed by atoms with Crippen LogP contribution in [0.2, 0.25) is 0 Å². The van der Waals surface area contributed by atoms with E-state index < -0.39 is 23.4 Å². The molecule has 2 rings (SSSR count). The number of carboxylic acids is 1. The molecule has 6 heteroatoms. The zero-order chi connectivity index (χ0) is 14.7. The maximum atomic E-state index is 13.4. The van der Waals surface area contributed by atoms with E-state index in [0.717, 1.165) is 6.07 Å². The lowest BCUT2D eigenvalue weighted by molar-refractivity contribution is 0.0697. The number of rotatable bonds is 4. The van der Waals surface area contributed by atoms with Gasteiger partial charge in [0.25, 0.3) is 0 Å². The standard InChI is InChI=1S/C14H10F3NO2/c15-10-5-12(17)13(6-11(10)16)18-7-8-1-3-9(4-2-8)14(19)20/h1-6,18H,7H2,(H,19,20). The molecule has 20 heavy (non-hydrogen) atoms. The van der Waals surface area contributed by atoms with Gasteiger partial charge in [-0.3, -0.25) is 0 Å². The molecular formula is C14H10F3NO2. The number of hydrogen-bond donors (Lipinski definition) is 2. The summed E-state index contributed by atoms with van der Waals surface area (Å²) in [5, 5.41) is 11.4. The highest BCUT2D eigenvalue weighted by molar-refractivity contribution is 5.87. The molecule has 0 radical (unpaired) electrons. The fourth-order valence-electron chi connectivity index (χ4n) is 1.62. The second kappa shape index (κ2) is 5.64. The van der Waals surface area contributed by atoms with Gasteiger partial charge in [-0.25, -0.2) is 18.0 Å². The molecule has 3 nitrogen and oxygen atoms in total. The molecule has 0 amide bonds. The van der Waals surface area contributed by atoms with E-state index in [1.807, 2.05) is 0 Å². The number of hydrogen-bond acceptors (Lipinski definition) is 2. The third kappa shape index (κ3) is 3.09. The zero-order valence-electron chi connectivity index (χ0n) is 10.2. The molecule has 0 fully saturated rings. The summed E-state index contributed by atoms with van der Waals surface area (Å²) in [6.07, 6.45) is 0. The van der Waals surface area contributed by atoms with Gasteiger partial charge < -0.3 is 10.4 Å². The second-order valence-electron chi connectivity index (χ2n) is 4.10. The molecule has 2 N–H and O–H groups in total. The van der Waals surface area contributed by atoms with Crippen LogP contribution in [-0.2, 0) is 6.54 Å². The molecule has 0 aliphatic heterocycles. The van der Waals surface area contributed by atoms with Gasteiger partial charge in [0.05, 0.1) is 11.3 Å². The lowest BCUT2D eigenvalue weighted by Crippen LogP contribution is -2.04. The van der Waals surface area contributed by atoms with Crippen molar-refractivity contribution >= 4 is 11.7 Å². The molecular weight excluding hydrogens is 271 g/mol. The van der Waals surface area contributed by atoms with Crippen LogP contribution < -0.4 is 5.32 Å². The third-order valence-corrected chi connectivity index (χ3v) is 2.69. The number of nitrogens with one attached hydrogen (secondary N) is 1. The summed E-state index contributed by atoms with van der Waals surface area (Å²) in [7, 11) is 0. The first-order valence-corrected chi connectivity index (χ1v) is 5.68. The van der Waals surface area contributed by atoms with Crippen molar-refractivity contribution in [3.63, 3.8) is 0 Å². The summed E-state index contributed by atoms with van der Waals surface area (Å²) in [6.45, 7) is 0.155. The summed E-state index contributed by atoms with van der Waals surface area (Å²) in [5.41, 5.74) is 0.651. The molecule has 0 saturated carbocycles. The van der Waals surface area contributed by atoms with Crippen LogP contribution in [0.3, 0.4) is 0 Å². The topological polar surface area (TPSA) is 49.3 Å². The summed E-state index contributed by atoms with van der Waals surface area (Å²) < 4.78 is 39.1. The number of halogens is 3. The quantitative estimate of drug-likeness (QED) is 0.844. The van der Waals surface area contributed by atoms with E-state index in [0.29, 0.717) is 11.6 Å². The first-order chi connectivity index (χ1) is 9.47. The minimum atomic E-state index is -1.25. The van der Waals surface area contributed by atoms with Gasteiger partial charge in [0, 0.05) is 18.7 Å². The molecule has 0 aliphatic rings. The van der Waals surface area contributed by atoms with Crippen LogP contribution in [0.25, 0.3) is 0 Å². The van der Waals surface area contributed by atoms with Crippen LogP contribution in [0.15, 0.2) is 36.4 Å². The van der Waals surface area contributed by atoms with Gasteiger partial charge in [0.2, 0.25) is 0 Å². The van der Waals surface area contributed by atoms with Gasteiger partial charge in [0.1, 0.15) is 5.82 Å². The Hall–Kier alpha value is -2.50. The average molecular weight is 281 g/mol. The molecule has 2 aromatic rings. The monoisotopic (exact) mass is 281 g/mol. The van der Waals surface area contributed by atoms with E-state index >= 15 is 0 Å². The predicted octanol–water partition coefficient (Wildman–Crippen LogP) is 3.41. The Morgan fingerprint density at radius 3 is 2.20 bits per heavy atom. The Labute approximate surface area is 112 Å². The fraction of sp³-hybridized carbons (Fsp3) is 0.0714. The van der Waals surface area contributed by atoms with Gasteiger partial charge in [-0.1, -0.05) is 12.1 Å². The number of benzene rings is 2. The van der Waals surface area contributed by atoms with Crippen molar-refractivity contribution < 1.29 is 23.1 Å². The van der Waals surface area contributed by atoms with E-state index in [1.54, 1.807) is 12.1 Å². The van der Waals surface area contributed by atoms with Gasteiger partial charge in [-0.15, -0.1) is 0 Å². The van der Waals surface area contributed by atoms with Crippen molar-refractivity contribution in [2.24, 2.45) is 0 Å². The summed E-state index contributed by atoms with van der Waals surface area (Å²) in [5.74, 6) is -4.34. The summed E-state index contributed by atoms with van der Waals surface area (Å²) >= 11 is 0. The lowest BCUT2D eigenvalue weighted by Gasteiger charge is -2.08. The van der Waals surface area contributed by atoms with E-state index in [9.17, 15) is 18.0 Å². The molecule has 0 aromatic heterocycles. The lowest BCUT2D eigenvalue weighted by atomic mass is 10.1. The fourth-order valence-corrected chi connectivity index (χ4v) is 1.62. The van der Waals surface area contributed by atoms with Crippen LogP contribution in [0.5, 0.6) is 0 Å². The van der Waals surface area contributed by atoms with E-state index in [4.69, 9.17) is 5.11 Å². The van der Waals surface area contributed by atoms with E-state index in [1.165, 1.54) is 12.1 Å². The Bertz CT molecular complexity index is 642. The van der Waals surface area contributed by atoms with Gasteiger partial charge in [-0.2, -0.15) is 0 Å². The molecule has 0 spiro atoms. The highest BCUT2D eigenvalue weighted by Crippen LogP contribution is 2.19. The highest BCUT2D eigenvalue weighted by Gasteiger charge is 2.09. The predicted molar refractivity (Wildman–Crippen MR) is 67.0 cm³/mol. The zero-order valence-corrected chi connectivity index (χ0v) is 10.2. The van der Waals surface area contributed by atoms with Crippen LogP contribution in [0.1, 0.15) is 15.9 Å². The van der Waals surface area contributed by atoms with Gasteiger partial charge in [-0.05, 0) is 17.7 Å². The Balaban J connectivity index is 2.09. The minimum Gasteiger partial charge on any atom is -0.478 e. The normalized spacial score (nSPS) is 10.3. The molecule has 2 aromatic carbocycles. The number of carbonyl (C=O) groups is 1. The third-order valence-electron chi connectivity index (χ3n) is 2.69. The van der Waals surface area contributed by atoms with Crippen molar-refractivity contribution in [2.45, 2.75) is 6.54 Å².